The number of rotatable bonds is 2. The summed E-state index contributed by atoms with van der Waals surface area (Å²) in [7, 11) is 0. The molecule has 0 atom stereocenters. The second kappa shape index (κ2) is 6.74. The Morgan fingerprint density at radius 1 is 1.04 bits per heavy atom. The smallest absolute Gasteiger partial charge is 0.270 e. The molecule has 0 bridgehead atoms. The Hall–Kier alpha value is -2.38. The number of carbonyl (C=O) groups is 2. The van der Waals surface area contributed by atoms with Crippen molar-refractivity contribution in [3.8, 4) is 0 Å². The Morgan fingerprint density at radius 2 is 1.69 bits per heavy atom. The number of hydrogen-bond acceptors (Lipinski definition) is 4. The topological polar surface area (TPSA) is 91.7 Å². The minimum Gasteiger partial charge on any atom is -0.381 e. The van der Waals surface area contributed by atoms with Crippen LogP contribution in [0.5, 0.6) is 0 Å². The average molecular weight is 356 g/mol. The highest BCUT2D eigenvalue weighted by Gasteiger charge is 2.40. The number of piperazine rings is 1. The molecule has 0 spiro atoms. The molecule has 2 aliphatic heterocycles. The molecule has 2 aliphatic rings. The van der Waals surface area contributed by atoms with Crippen LogP contribution in [0.15, 0.2) is 30.3 Å². The summed E-state index contributed by atoms with van der Waals surface area (Å²) in [5.74, 6) is -0.0414. The number of fused-ring (bicyclic) bond motifs is 1. The number of nitrogens with zero attached hydrogens (tertiary/aromatic N) is 2. The van der Waals surface area contributed by atoms with Crippen LogP contribution in [0.3, 0.4) is 0 Å². The maximum atomic E-state index is 12.8. The van der Waals surface area contributed by atoms with Crippen LogP contribution in [0.25, 0.3) is 10.9 Å². The second-order valence-corrected chi connectivity index (χ2v) is 7.12. The molecule has 2 amide bonds. The molecule has 0 unspecified atom stereocenters. The number of ether oxygens (including phenoxy) is 1. The fourth-order valence-electron chi connectivity index (χ4n) is 3.74. The van der Waals surface area contributed by atoms with E-state index < -0.39 is 5.54 Å². The third-order valence-electron chi connectivity index (χ3n) is 5.43. The summed E-state index contributed by atoms with van der Waals surface area (Å²) in [6.07, 6.45) is 1.11. The second-order valence-electron chi connectivity index (χ2n) is 7.12. The molecular weight excluding hydrogens is 332 g/mol. The molecule has 7 heteroatoms. The van der Waals surface area contributed by atoms with Crippen molar-refractivity contribution in [1.29, 1.82) is 0 Å². The fourth-order valence-corrected chi connectivity index (χ4v) is 3.74. The lowest BCUT2D eigenvalue weighted by Gasteiger charge is -2.40. The van der Waals surface area contributed by atoms with E-state index in [1.165, 1.54) is 0 Å². The predicted octanol–water partition coefficient (Wildman–Crippen LogP) is 0.960. The molecule has 1 aromatic heterocycles. The number of benzene rings is 1. The summed E-state index contributed by atoms with van der Waals surface area (Å²) in [5.41, 5.74) is 7.03. The highest BCUT2D eigenvalue weighted by Crippen LogP contribution is 2.22. The van der Waals surface area contributed by atoms with Gasteiger partial charge in [0.2, 0.25) is 5.91 Å². The van der Waals surface area contributed by atoms with Crippen LogP contribution in [0, 0.1) is 0 Å². The molecule has 2 aromatic rings. The first-order valence-corrected chi connectivity index (χ1v) is 9.10. The molecular formula is C19H24N4O3. The van der Waals surface area contributed by atoms with Gasteiger partial charge in [0.25, 0.3) is 5.91 Å². The Kier molecular flexibility index (Phi) is 4.42. The standard InChI is InChI=1S/C19H24N4O3/c20-19(5-11-26-12-6-19)18(25)23-9-7-22(8-10-23)17(24)16-13-14-3-1-2-4-15(14)21-16/h1-4,13,21H,5-12,20H2. The van der Waals surface area contributed by atoms with E-state index >= 15 is 0 Å². The van der Waals surface area contributed by atoms with E-state index in [2.05, 4.69) is 4.98 Å². The molecule has 0 saturated carbocycles. The Bertz CT molecular complexity index is 784. The van der Waals surface area contributed by atoms with Gasteiger partial charge in [0.1, 0.15) is 5.69 Å². The highest BCUT2D eigenvalue weighted by atomic mass is 16.5. The van der Waals surface area contributed by atoms with Crippen molar-refractivity contribution in [2.24, 2.45) is 5.73 Å². The van der Waals surface area contributed by atoms with Gasteiger partial charge in [0.15, 0.2) is 0 Å². The number of H-pyrrole nitrogens is 1. The van der Waals surface area contributed by atoms with Gasteiger partial charge in [-0.3, -0.25) is 9.59 Å². The van der Waals surface area contributed by atoms with Gasteiger partial charge in [0.05, 0.1) is 5.54 Å². The summed E-state index contributed by atoms with van der Waals surface area (Å²) >= 11 is 0. The van der Waals surface area contributed by atoms with Gasteiger partial charge in [-0.1, -0.05) is 18.2 Å². The minimum atomic E-state index is -0.818. The van der Waals surface area contributed by atoms with Crippen LogP contribution < -0.4 is 5.73 Å². The molecule has 7 nitrogen and oxygen atoms in total. The van der Waals surface area contributed by atoms with E-state index in [0.717, 1.165) is 10.9 Å². The molecule has 3 N–H and O–H groups in total. The lowest BCUT2D eigenvalue weighted by atomic mass is 9.89. The van der Waals surface area contributed by atoms with Crippen molar-refractivity contribution < 1.29 is 14.3 Å². The third kappa shape index (κ3) is 3.08. The fraction of sp³-hybridized carbons (Fsp3) is 0.474. The lowest BCUT2D eigenvalue weighted by molar-refractivity contribution is -0.142. The summed E-state index contributed by atoms with van der Waals surface area (Å²) in [6, 6.07) is 9.71. The molecule has 0 radical (unpaired) electrons. The van der Waals surface area contributed by atoms with E-state index in [4.69, 9.17) is 10.5 Å². The first-order valence-electron chi connectivity index (χ1n) is 9.10. The first kappa shape index (κ1) is 17.1. The monoisotopic (exact) mass is 356 g/mol. The van der Waals surface area contributed by atoms with Crippen LogP contribution in [-0.2, 0) is 9.53 Å². The van der Waals surface area contributed by atoms with Crippen molar-refractivity contribution in [2.45, 2.75) is 18.4 Å². The predicted molar refractivity (Wildman–Crippen MR) is 97.8 cm³/mol. The van der Waals surface area contributed by atoms with Crippen LogP contribution >= 0.6 is 0 Å². The van der Waals surface area contributed by atoms with Gasteiger partial charge in [-0.25, -0.2) is 0 Å². The molecule has 138 valence electrons. The SMILES string of the molecule is NC1(C(=O)N2CCN(C(=O)c3cc4ccccc4[nH]3)CC2)CCOCC1. The van der Waals surface area contributed by atoms with Crippen molar-refractivity contribution in [3.05, 3.63) is 36.0 Å². The quantitative estimate of drug-likeness (QED) is 0.838. The van der Waals surface area contributed by atoms with Crippen molar-refractivity contribution >= 4 is 22.7 Å². The van der Waals surface area contributed by atoms with E-state index in [0.29, 0.717) is 57.9 Å². The van der Waals surface area contributed by atoms with Gasteiger partial charge in [0, 0.05) is 50.3 Å². The zero-order valence-corrected chi connectivity index (χ0v) is 14.7. The molecule has 2 fully saturated rings. The van der Waals surface area contributed by atoms with E-state index in [1.54, 1.807) is 9.80 Å². The number of amides is 2. The first-order chi connectivity index (χ1) is 12.6. The number of hydrogen-bond donors (Lipinski definition) is 2. The number of nitrogens with two attached hydrogens (primary N) is 1. The summed E-state index contributed by atoms with van der Waals surface area (Å²) in [5, 5.41) is 1.02. The Labute approximate surface area is 152 Å². The summed E-state index contributed by atoms with van der Waals surface area (Å²) in [4.78, 5) is 32.3. The molecule has 4 rings (SSSR count). The van der Waals surface area contributed by atoms with Crippen LogP contribution in [-0.4, -0.2) is 71.5 Å². The third-order valence-corrected chi connectivity index (χ3v) is 5.43. The van der Waals surface area contributed by atoms with E-state index in [9.17, 15) is 9.59 Å². The maximum Gasteiger partial charge on any atom is 0.270 e. The molecule has 26 heavy (non-hydrogen) atoms. The number of aromatic amines is 1. The highest BCUT2D eigenvalue weighted by molar-refractivity contribution is 5.98. The van der Waals surface area contributed by atoms with Gasteiger partial charge in [-0.2, -0.15) is 0 Å². The van der Waals surface area contributed by atoms with E-state index in [1.807, 2.05) is 30.3 Å². The van der Waals surface area contributed by atoms with Crippen molar-refractivity contribution in [2.75, 3.05) is 39.4 Å². The number of para-hydroxylation sites is 1. The zero-order valence-electron chi connectivity index (χ0n) is 14.7. The largest absolute Gasteiger partial charge is 0.381 e. The molecule has 0 aliphatic carbocycles. The van der Waals surface area contributed by atoms with Crippen LogP contribution in [0.2, 0.25) is 0 Å². The van der Waals surface area contributed by atoms with Crippen LogP contribution in [0.4, 0.5) is 0 Å². The summed E-state index contributed by atoms with van der Waals surface area (Å²) in [6.45, 7) is 3.14. The number of nitrogens with one attached hydrogen (secondary N) is 1. The van der Waals surface area contributed by atoms with Gasteiger partial charge in [-0.05, 0) is 25.0 Å². The maximum absolute atomic E-state index is 12.8. The van der Waals surface area contributed by atoms with Crippen molar-refractivity contribution in [1.82, 2.24) is 14.8 Å². The molecule has 3 heterocycles. The number of aromatic nitrogens is 1. The molecule has 1 aromatic carbocycles. The Morgan fingerprint density at radius 3 is 2.38 bits per heavy atom. The van der Waals surface area contributed by atoms with Crippen LogP contribution in [0.1, 0.15) is 23.3 Å². The summed E-state index contributed by atoms with van der Waals surface area (Å²) < 4.78 is 5.32. The average Bonchev–Trinajstić information content (AvgIpc) is 3.12. The zero-order chi connectivity index (χ0) is 18.1. The Balaban J connectivity index is 1.40. The number of carbonyl (C=O) groups excluding carboxylic acids is 2. The minimum absolute atomic E-state index is 0.0153. The molecule has 2 saturated heterocycles. The van der Waals surface area contributed by atoms with Gasteiger partial charge in [-0.15, -0.1) is 0 Å². The van der Waals surface area contributed by atoms with Gasteiger partial charge >= 0.3 is 0 Å². The lowest BCUT2D eigenvalue weighted by Crippen LogP contribution is -2.61. The van der Waals surface area contributed by atoms with Crippen molar-refractivity contribution in [3.63, 3.8) is 0 Å². The normalized spacial score (nSPS) is 20.3. The van der Waals surface area contributed by atoms with E-state index in [-0.39, 0.29) is 11.8 Å². The van der Waals surface area contributed by atoms with Gasteiger partial charge < -0.3 is 25.3 Å².